The molecule has 3 heterocycles. The van der Waals surface area contributed by atoms with Gasteiger partial charge in [0, 0.05) is 24.0 Å². The van der Waals surface area contributed by atoms with E-state index in [-0.39, 0.29) is 0 Å². The van der Waals surface area contributed by atoms with E-state index < -0.39 is 0 Å². The van der Waals surface area contributed by atoms with Crippen LogP contribution in [0.2, 0.25) is 0 Å². The minimum Gasteiger partial charge on any atom is -0.374 e. The maximum Gasteiger partial charge on any atom is 0.0766 e. The molecule has 3 aliphatic heterocycles. The van der Waals surface area contributed by atoms with Crippen molar-refractivity contribution in [3.63, 3.8) is 0 Å². The van der Waals surface area contributed by atoms with Gasteiger partial charge in [-0.1, -0.05) is 70.6 Å². The van der Waals surface area contributed by atoms with Gasteiger partial charge in [-0.2, -0.15) is 0 Å². The van der Waals surface area contributed by atoms with Crippen molar-refractivity contribution in [2.24, 2.45) is 71.0 Å². The van der Waals surface area contributed by atoms with Gasteiger partial charge in [-0.25, -0.2) is 0 Å². The molecule has 302 valence electrons. The van der Waals surface area contributed by atoms with Crippen LogP contribution < -0.4 is 0 Å². The van der Waals surface area contributed by atoms with E-state index in [2.05, 4.69) is 4.90 Å². The molecular weight excluding hydrogens is 663 g/mol. The second-order valence-corrected chi connectivity index (χ2v) is 22.7. The van der Waals surface area contributed by atoms with Gasteiger partial charge in [0.15, 0.2) is 0 Å². The van der Waals surface area contributed by atoms with Gasteiger partial charge in [0.25, 0.3) is 0 Å². The largest absolute Gasteiger partial charge is 0.374 e. The van der Waals surface area contributed by atoms with Crippen molar-refractivity contribution < 1.29 is 14.2 Å². The monoisotopic (exact) mass is 742 g/mol. The van der Waals surface area contributed by atoms with Gasteiger partial charge in [0.1, 0.15) is 0 Å². The molecule has 0 radical (unpaired) electrons. The minimum absolute atomic E-state index is 0.474. The summed E-state index contributed by atoms with van der Waals surface area (Å²) in [5.74, 6) is 11.1. The van der Waals surface area contributed by atoms with Gasteiger partial charge in [0.05, 0.1) is 36.6 Å². The zero-order chi connectivity index (χ0) is 35.3. The lowest BCUT2D eigenvalue weighted by Gasteiger charge is -2.53. The molecule has 0 amide bonds. The van der Waals surface area contributed by atoms with E-state index in [1.54, 1.807) is 25.7 Å². The van der Waals surface area contributed by atoms with Crippen LogP contribution in [0.25, 0.3) is 0 Å². The van der Waals surface area contributed by atoms with Crippen LogP contribution >= 0.6 is 0 Å². The van der Waals surface area contributed by atoms with Crippen LogP contribution in [0.5, 0.6) is 0 Å². The number of ether oxygens (including phenoxy) is 3. The quantitative estimate of drug-likeness (QED) is 0.287. The predicted molar refractivity (Wildman–Crippen MR) is 215 cm³/mol. The van der Waals surface area contributed by atoms with Crippen LogP contribution in [0.3, 0.4) is 0 Å². The van der Waals surface area contributed by atoms with Gasteiger partial charge in [-0.3, -0.25) is 4.90 Å². The highest BCUT2D eigenvalue weighted by molar-refractivity contribution is 5.11. The van der Waals surface area contributed by atoms with Crippen LogP contribution in [0.1, 0.15) is 186 Å². The summed E-state index contributed by atoms with van der Waals surface area (Å²) in [6.07, 6.45) is 45.5. The van der Waals surface area contributed by atoms with E-state index in [0.29, 0.717) is 54.6 Å². The Labute approximate surface area is 330 Å². The minimum atomic E-state index is 0.474. The van der Waals surface area contributed by atoms with E-state index in [9.17, 15) is 0 Å². The van der Waals surface area contributed by atoms with Gasteiger partial charge in [0.2, 0.25) is 0 Å². The van der Waals surface area contributed by atoms with Crippen LogP contribution in [-0.4, -0.2) is 59.6 Å². The molecule has 0 bridgehead atoms. The molecule has 12 aliphatic rings. The summed E-state index contributed by atoms with van der Waals surface area (Å²) in [6.45, 7) is 0. The fraction of sp³-hybridized carbons (Fsp3) is 1.00. The average molecular weight is 742 g/mol. The standard InChI is InChI=1S/C50H79NO3/c1-3-12-35-30(9-1)11-7-15-36(35)32-19-22-33(23-20-32)51(34-24-25-41-46(29-34)53-44-27-21-31-10-2-4-13-37(31)47(41)44)42-17-8-16-38-39-26-28-45-48(50(39)54-49(38)42)40-14-5-6-18-43(40)52-45/h30-50H,1-29H2. The molecule has 9 aliphatic carbocycles. The van der Waals surface area contributed by atoms with Crippen LogP contribution in [0, 0.1) is 71.0 Å². The van der Waals surface area contributed by atoms with E-state index in [0.717, 1.165) is 71.1 Å². The molecule has 0 N–H and O–H groups in total. The Kier molecular flexibility index (Phi) is 9.82. The van der Waals surface area contributed by atoms with E-state index >= 15 is 0 Å². The summed E-state index contributed by atoms with van der Waals surface area (Å²) in [6, 6.07) is 2.14. The number of fused-ring (bicyclic) bond motifs is 13. The normalized spacial score (nSPS) is 56.7. The summed E-state index contributed by atoms with van der Waals surface area (Å²) in [5.41, 5.74) is 0. The van der Waals surface area contributed by atoms with E-state index in [1.807, 2.05) is 0 Å². The van der Waals surface area contributed by atoms with Crippen molar-refractivity contribution in [3.05, 3.63) is 0 Å². The summed E-state index contributed by atoms with van der Waals surface area (Å²) in [5, 5.41) is 0. The first-order valence-electron chi connectivity index (χ1n) is 25.5. The molecule has 0 spiro atoms. The molecule has 9 saturated carbocycles. The van der Waals surface area contributed by atoms with Gasteiger partial charge in [-0.15, -0.1) is 0 Å². The lowest BCUT2D eigenvalue weighted by Crippen LogP contribution is -2.59. The highest BCUT2D eigenvalue weighted by Crippen LogP contribution is 2.60. The Bertz CT molecular complexity index is 1310. The van der Waals surface area contributed by atoms with Gasteiger partial charge in [-0.05, 0) is 181 Å². The number of nitrogens with zero attached hydrogens (tertiary/aromatic N) is 1. The van der Waals surface area contributed by atoms with Gasteiger partial charge < -0.3 is 14.2 Å². The molecule has 19 unspecified atom stereocenters. The molecule has 0 aromatic rings. The summed E-state index contributed by atoms with van der Waals surface area (Å²) < 4.78 is 22.0. The second kappa shape index (κ2) is 14.8. The third kappa shape index (κ3) is 5.97. The highest BCUT2D eigenvalue weighted by atomic mass is 16.5. The topological polar surface area (TPSA) is 30.9 Å². The smallest absolute Gasteiger partial charge is 0.0766 e. The predicted octanol–water partition coefficient (Wildman–Crippen LogP) is 11.5. The first-order chi connectivity index (χ1) is 26.8. The zero-order valence-electron chi connectivity index (χ0n) is 34.3. The van der Waals surface area contributed by atoms with Crippen molar-refractivity contribution in [2.75, 3.05) is 0 Å². The van der Waals surface area contributed by atoms with Crippen LogP contribution in [0.4, 0.5) is 0 Å². The number of rotatable bonds is 4. The number of hydrogen-bond acceptors (Lipinski definition) is 4. The molecule has 3 saturated heterocycles. The van der Waals surface area contributed by atoms with Crippen molar-refractivity contribution in [1.82, 2.24) is 4.90 Å². The highest BCUT2D eigenvalue weighted by Gasteiger charge is 2.62. The van der Waals surface area contributed by atoms with Crippen molar-refractivity contribution in [3.8, 4) is 0 Å². The fourth-order valence-electron chi connectivity index (χ4n) is 19.0. The third-order valence-electron chi connectivity index (χ3n) is 20.9. The van der Waals surface area contributed by atoms with Crippen molar-refractivity contribution in [2.45, 2.75) is 241 Å². The molecule has 12 rings (SSSR count). The molecule has 0 aromatic carbocycles. The van der Waals surface area contributed by atoms with Crippen molar-refractivity contribution >= 4 is 0 Å². The molecular formula is C50H79NO3. The van der Waals surface area contributed by atoms with E-state index in [4.69, 9.17) is 14.2 Å². The van der Waals surface area contributed by atoms with E-state index in [1.165, 1.54) is 161 Å². The Hall–Kier alpha value is -0.160. The first-order valence-corrected chi connectivity index (χ1v) is 25.5. The molecule has 4 nitrogen and oxygen atoms in total. The first kappa shape index (κ1) is 35.8. The summed E-state index contributed by atoms with van der Waals surface area (Å²) in [7, 11) is 0. The Morgan fingerprint density at radius 2 is 0.833 bits per heavy atom. The second-order valence-electron chi connectivity index (χ2n) is 22.7. The maximum atomic E-state index is 7.75. The van der Waals surface area contributed by atoms with Crippen LogP contribution in [0.15, 0.2) is 0 Å². The lowest BCUT2D eigenvalue weighted by molar-refractivity contribution is -0.111. The summed E-state index contributed by atoms with van der Waals surface area (Å²) in [4.78, 5) is 3.31. The molecule has 4 heteroatoms. The third-order valence-corrected chi connectivity index (χ3v) is 20.9. The Morgan fingerprint density at radius 3 is 1.70 bits per heavy atom. The SMILES string of the molecule is C1CCC2C(C1)CCCC2C1CCC(N(C2CCC3C(C2)OC2CCC4CCCCC4C23)C2CCCC3C4CCC5OC6CCCCC6C5C4OC32)CC1. The van der Waals surface area contributed by atoms with Crippen molar-refractivity contribution in [1.29, 1.82) is 0 Å². The zero-order valence-corrected chi connectivity index (χ0v) is 34.3. The number of hydrogen-bond donors (Lipinski definition) is 0. The molecule has 19 atom stereocenters. The van der Waals surface area contributed by atoms with Crippen LogP contribution in [-0.2, 0) is 14.2 Å². The molecule has 0 aromatic heterocycles. The summed E-state index contributed by atoms with van der Waals surface area (Å²) >= 11 is 0. The lowest BCUT2D eigenvalue weighted by atomic mass is 9.59. The Balaban J connectivity index is 0.811. The molecule has 12 fully saturated rings. The average Bonchev–Trinajstić information content (AvgIpc) is 3.92. The fourth-order valence-corrected chi connectivity index (χ4v) is 19.0. The Morgan fingerprint density at radius 1 is 0.296 bits per heavy atom. The van der Waals surface area contributed by atoms with Gasteiger partial charge >= 0.3 is 0 Å². The maximum absolute atomic E-state index is 7.75. The molecule has 54 heavy (non-hydrogen) atoms.